The van der Waals surface area contributed by atoms with Gasteiger partial charge >= 0.3 is 11.9 Å². The normalized spacial score (nSPS) is 17.8. The molecule has 0 spiro atoms. The fourth-order valence-corrected chi connectivity index (χ4v) is 1.79. The number of esters is 2. The molecule has 1 saturated heterocycles. The van der Waals surface area contributed by atoms with Crippen LogP contribution in [0.3, 0.4) is 0 Å². The SMILES string of the molecule is O=C(OCCO)c1ccc(C(=O)OC2CCCO2)cc1. The molecule has 1 aromatic carbocycles. The Morgan fingerprint density at radius 2 is 1.85 bits per heavy atom. The van der Waals surface area contributed by atoms with Crippen molar-refractivity contribution in [3.8, 4) is 0 Å². The van der Waals surface area contributed by atoms with E-state index in [-0.39, 0.29) is 13.2 Å². The lowest BCUT2D eigenvalue weighted by Gasteiger charge is -2.11. The summed E-state index contributed by atoms with van der Waals surface area (Å²) in [4.78, 5) is 23.3. The quantitative estimate of drug-likeness (QED) is 0.814. The Kier molecular flexibility index (Phi) is 5.09. The van der Waals surface area contributed by atoms with E-state index in [0.29, 0.717) is 24.2 Å². The number of rotatable bonds is 5. The van der Waals surface area contributed by atoms with Gasteiger partial charge in [-0.1, -0.05) is 0 Å². The fraction of sp³-hybridized carbons (Fsp3) is 0.429. The average molecular weight is 280 g/mol. The molecule has 2 rings (SSSR count). The summed E-state index contributed by atoms with van der Waals surface area (Å²) in [5.41, 5.74) is 0.659. The van der Waals surface area contributed by atoms with Gasteiger partial charge < -0.3 is 19.3 Å². The minimum absolute atomic E-state index is 0.0539. The first kappa shape index (κ1) is 14.5. The molecule has 0 saturated carbocycles. The van der Waals surface area contributed by atoms with Gasteiger partial charge in [0.25, 0.3) is 0 Å². The van der Waals surface area contributed by atoms with Crippen LogP contribution in [-0.2, 0) is 14.2 Å². The van der Waals surface area contributed by atoms with E-state index >= 15 is 0 Å². The van der Waals surface area contributed by atoms with Crippen LogP contribution in [0.25, 0.3) is 0 Å². The lowest BCUT2D eigenvalue weighted by molar-refractivity contribution is -0.0775. The molecule has 1 N–H and O–H groups in total. The van der Waals surface area contributed by atoms with E-state index in [1.807, 2.05) is 0 Å². The first-order valence-corrected chi connectivity index (χ1v) is 6.41. The first-order chi connectivity index (χ1) is 9.70. The molecule has 0 radical (unpaired) electrons. The van der Waals surface area contributed by atoms with Crippen LogP contribution in [0.2, 0.25) is 0 Å². The second-order valence-electron chi connectivity index (χ2n) is 4.28. The van der Waals surface area contributed by atoms with Crippen LogP contribution in [0.1, 0.15) is 33.6 Å². The number of hydrogen-bond acceptors (Lipinski definition) is 6. The topological polar surface area (TPSA) is 82.1 Å². The Labute approximate surface area is 116 Å². The summed E-state index contributed by atoms with van der Waals surface area (Å²) in [6.07, 6.45) is 1.11. The van der Waals surface area contributed by atoms with E-state index in [1.54, 1.807) is 0 Å². The standard InChI is InChI=1S/C14H16O6/c15-7-9-19-13(16)10-3-5-11(6-4-10)14(17)20-12-2-1-8-18-12/h3-6,12,15H,1-2,7-9H2. The molecule has 1 fully saturated rings. The maximum Gasteiger partial charge on any atom is 0.340 e. The summed E-state index contributed by atoms with van der Waals surface area (Å²) < 4.78 is 15.1. The van der Waals surface area contributed by atoms with Crippen molar-refractivity contribution < 1.29 is 28.9 Å². The molecule has 1 aliphatic heterocycles. The second-order valence-corrected chi connectivity index (χ2v) is 4.28. The zero-order valence-corrected chi connectivity index (χ0v) is 10.9. The highest BCUT2D eigenvalue weighted by Crippen LogP contribution is 2.16. The third-order valence-electron chi connectivity index (χ3n) is 2.81. The van der Waals surface area contributed by atoms with E-state index in [1.165, 1.54) is 24.3 Å². The largest absolute Gasteiger partial charge is 0.460 e. The number of ether oxygens (including phenoxy) is 3. The van der Waals surface area contributed by atoms with Crippen LogP contribution >= 0.6 is 0 Å². The number of carbonyl (C=O) groups is 2. The molecule has 0 aliphatic carbocycles. The highest BCUT2D eigenvalue weighted by atomic mass is 16.7. The third kappa shape index (κ3) is 3.79. The zero-order chi connectivity index (χ0) is 14.4. The molecule has 1 atom stereocenters. The van der Waals surface area contributed by atoms with Crippen molar-refractivity contribution in [2.75, 3.05) is 19.8 Å². The number of carbonyl (C=O) groups excluding carboxylic acids is 2. The molecule has 1 heterocycles. The molecule has 0 aromatic heterocycles. The Balaban J connectivity index is 1.93. The summed E-state index contributed by atoms with van der Waals surface area (Å²) in [5, 5.41) is 8.56. The summed E-state index contributed by atoms with van der Waals surface area (Å²) in [5.74, 6) is -1.02. The van der Waals surface area contributed by atoms with E-state index < -0.39 is 18.2 Å². The van der Waals surface area contributed by atoms with E-state index in [9.17, 15) is 9.59 Å². The van der Waals surface area contributed by atoms with Gasteiger partial charge in [-0.15, -0.1) is 0 Å². The second kappa shape index (κ2) is 7.02. The van der Waals surface area contributed by atoms with Gasteiger partial charge in [0.1, 0.15) is 6.61 Å². The minimum atomic E-state index is -0.543. The molecule has 20 heavy (non-hydrogen) atoms. The van der Waals surface area contributed by atoms with Crippen molar-refractivity contribution in [2.24, 2.45) is 0 Å². The molecule has 0 bridgehead atoms. The van der Waals surface area contributed by atoms with Crippen LogP contribution in [0.15, 0.2) is 24.3 Å². The molecule has 108 valence electrons. The molecular formula is C14H16O6. The van der Waals surface area contributed by atoms with Crippen molar-refractivity contribution >= 4 is 11.9 Å². The molecule has 1 aromatic rings. The maximum atomic E-state index is 11.8. The van der Waals surface area contributed by atoms with E-state index in [2.05, 4.69) is 0 Å². The van der Waals surface area contributed by atoms with Crippen LogP contribution in [-0.4, -0.2) is 43.2 Å². The summed E-state index contributed by atoms with van der Waals surface area (Å²) in [6.45, 7) is 0.326. The number of hydrogen-bond donors (Lipinski definition) is 1. The van der Waals surface area contributed by atoms with E-state index in [0.717, 1.165) is 6.42 Å². The highest BCUT2D eigenvalue weighted by molar-refractivity contribution is 5.93. The first-order valence-electron chi connectivity index (χ1n) is 6.41. The van der Waals surface area contributed by atoms with Crippen molar-refractivity contribution in [3.05, 3.63) is 35.4 Å². The van der Waals surface area contributed by atoms with Crippen LogP contribution < -0.4 is 0 Å². The predicted octanol–water partition coefficient (Wildman–Crippen LogP) is 1.13. The smallest absolute Gasteiger partial charge is 0.340 e. The Morgan fingerprint density at radius 1 is 1.20 bits per heavy atom. The number of aliphatic hydroxyl groups excluding tert-OH is 1. The van der Waals surface area contributed by atoms with Gasteiger partial charge in [-0.05, 0) is 30.7 Å². The Morgan fingerprint density at radius 3 is 2.40 bits per heavy atom. The third-order valence-corrected chi connectivity index (χ3v) is 2.81. The number of benzene rings is 1. The van der Waals surface area contributed by atoms with Gasteiger partial charge in [0.2, 0.25) is 6.29 Å². The van der Waals surface area contributed by atoms with E-state index in [4.69, 9.17) is 19.3 Å². The average Bonchev–Trinajstić information content (AvgIpc) is 2.97. The maximum absolute atomic E-state index is 11.8. The molecule has 1 aliphatic rings. The lowest BCUT2D eigenvalue weighted by atomic mass is 10.1. The Hall–Kier alpha value is -1.92. The van der Waals surface area contributed by atoms with Crippen molar-refractivity contribution in [2.45, 2.75) is 19.1 Å². The molecule has 0 amide bonds. The van der Waals surface area contributed by atoms with Gasteiger partial charge in [-0.25, -0.2) is 9.59 Å². The van der Waals surface area contributed by atoms with Crippen molar-refractivity contribution in [1.29, 1.82) is 0 Å². The minimum Gasteiger partial charge on any atom is -0.460 e. The molecule has 6 nitrogen and oxygen atoms in total. The summed E-state index contributed by atoms with van der Waals surface area (Å²) in [7, 11) is 0. The highest BCUT2D eigenvalue weighted by Gasteiger charge is 2.20. The van der Waals surface area contributed by atoms with Gasteiger partial charge in [0, 0.05) is 6.42 Å². The van der Waals surface area contributed by atoms with Gasteiger partial charge in [0.15, 0.2) is 0 Å². The molecule has 6 heteroatoms. The Bertz CT molecular complexity index is 461. The van der Waals surface area contributed by atoms with Crippen LogP contribution in [0.4, 0.5) is 0 Å². The fourth-order valence-electron chi connectivity index (χ4n) is 1.79. The number of aliphatic hydroxyl groups is 1. The molecule has 1 unspecified atom stereocenters. The van der Waals surface area contributed by atoms with Crippen LogP contribution in [0, 0.1) is 0 Å². The van der Waals surface area contributed by atoms with Crippen molar-refractivity contribution in [3.63, 3.8) is 0 Å². The van der Waals surface area contributed by atoms with Gasteiger partial charge in [0.05, 0.1) is 24.3 Å². The lowest BCUT2D eigenvalue weighted by Crippen LogP contribution is -2.17. The summed E-state index contributed by atoms with van der Waals surface area (Å²) in [6, 6.07) is 5.94. The van der Waals surface area contributed by atoms with Gasteiger partial charge in [-0.2, -0.15) is 0 Å². The van der Waals surface area contributed by atoms with Gasteiger partial charge in [-0.3, -0.25) is 0 Å². The molecular weight excluding hydrogens is 264 g/mol. The zero-order valence-electron chi connectivity index (χ0n) is 10.9. The predicted molar refractivity (Wildman–Crippen MR) is 68.2 cm³/mol. The van der Waals surface area contributed by atoms with Crippen LogP contribution in [0.5, 0.6) is 0 Å². The summed E-state index contributed by atoms with van der Waals surface area (Å²) >= 11 is 0. The monoisotopic (exact) mass is 280 g/mol. The van der Waals surface area contributed by atoms with Crippen molar-refractivity contribution in [1.82, 2.24) is 0 Å².